The third-order valence-electron chi connectivity index (χ3n) is 0.972. The number of hydrogen-bond donors (Lipinski definition) is 0. The lowest BCUT2D eigenvalue weighted by molar-refractivity contribution is 0.101. The van der Waals surface area contributed by atoms with E-state index in [0.29, 0.717) is 13.2 Å². The summed E-state index contributed by atoms with van der Waals surface area (Å²) in [6.07, 6.45) is 2.33. The lowest BCUT2D eigenvalue weighted by atomic mass is 10.4. The van der Waals surface area contributed by atoms with Gasteiger partial charge in [0.2, 0.25) is 10.5 Å². The highest BCUT2D eigenvalue weighted by Crippen LogP contribution is 1.86. The first kappa shape index (κ1) is 9.14. The van der Waals surface area contributed by atoms with Gasteiger partial charge in [-0.1, -0.05) is 13.3 Å². The standard InChI is InChI=1S/C6H13O2Si/c1-2-3-4-7-5-6-8-9/h2-6H2,1H3. The van der Waals surface area contributed by atoms with Crippen molar-refractivity contribution in [1.82, 2.24) is 0 Å². The topological polar surface area (TPSA) is 18.5 Å². The van der Waals surface area contributed by atoms with Crippen LogP contribution in [0.15, 0.2) is 0 Å². The van der Waals surface area contributed by atoms with Gasteiger partial charge < -0.3 is 9.16 Å². The number of unbranched alkanes of at least 4 members (excludes halogenated alkanes) is 1. The Morgan fingerprint density at radius 3 is 2.56 bits per heavy atom. The van der Waals surface area contributed by atoms with Crippen LogP contribution in [0.2, 0.25) is 0 Å². The molecule has 2 nitrogen and oxygen atoms in total. The summed E-state index contributed by atoms with van der Waals surface area (Å²) in [5, 5.41) is 0. The van der Waals surface area contributed by atoms with Crippen molar-refractivity contribution in [3.63, 3.8) is 0 Å². The highest BCUT2D eigenvalue weighted by atomic mass is 28.2. The second-order valence-corrected chi connectivity index (χ2v) is 2.10. The second-order valence-electron chi connectivity index (χ2n) is 1.81. The lowest BCUT2D eigenvalue weighted by Crippen LogP contribution is -2.02. The molecule has 0 atom stereocenters. The lowest BCUT2D eigenvalue weighted by Gasteiger charge is -2.00. The molecule has 53 valence electrons. The first-order chi connectivity index (χ1) is 4.41. The number of rotatable bonds is 6. The molecule has 0 aliphatic rings. The van der Waals surface area contributed by atoms with Gasteiger partial charge in [0.05, 0.1) is 13.2 Å². The van der Waals surface area contributed by atoms with Crippen LogP contribution in [0.5, 0.6) is 0 Å². The molecule has 3 heteroatoms. The minimum atomic E-state index is 0.626. The van der Waals surface area contributed by atoms with E-state index in [9.17, 15) is 0 Å². The third kappa shape index (κ3) is 8.14. The van der Waals surface area contributed by atoms with Crippen LogP contribution in [0.25, 0.3) is 0 Å². The Morgan fingerprint density at radius 1 is 1.22 bits per heavy atom. The van der Waals surface area contributed by atoms with E-state index in [1.54, 1.807) is 0 Å². The molecule has 0 unspecified atom stereocenters. The zero-order chi connectivity index (χ0) is 6.95. The van der Waals surface area contributed by atoms with Crippen LogP contribution in [0.4, 0.5) is 0 Å². The van der Waals surface area contributed by atoms with Crippen molar-refractivity contribution >= 4 is 10.5 Å². The van der Waals surface area contributed by atoms with Crippen molar-refractivity contribution in [2.45, 2.75) is 19.8 Å². The van der Waals surface area contributed by atoms with Crippen molar-refractivity contribution in [2.75, 3.05) is 19.8 Å². The van der Waals surface area contributed by atoms with Crippen LogP contribution in [-0.2, 0) is 9.16 Å². The van der Waals surface area contributed by atoms with E-state index in [4.69, 9.17) is 4.74 Å². The fourth-order valence-electron chi connectivity index (χ4n) is 0.449. The van der Waals surface area contributed by atoms with Gasteiger partial charge in [-0.2, -0.15) is 0 Å². The Bertz CT molecular complexity index is 44.3. The van der Waals surface area contributed by atoms with E-state index < -0.39 is 0 Å². The largest absolute Gasteiger partial charge is 0.416 e. The summed E-state index contributed by atoms with van der Waals surface area (Å²) in [6, 6.07) is 0. The fraction of sp³-hybridized carbons (Fsp3) is 1.00. The fourth-order valence-corrected chi connectivity index (χ4v) is 0.532. The van der Waals surface area contributed by atoms with E-state index in [0.717, 1.165) is 13.0 Å². The summed E-state index contributed by atoms with van der Waals surface area (Å²) in [7, 11) is 2.88. The molecule has 0 heterocycles. The molecule has 0 aromatic rings. The Morgan fingerprint density at radius 2 is 2.00 bits per heavy atom. The SMILES string of the molecule is CCCCOCCO[Si]. The van der Waals surface area contributed by atoms with Gasteiger partial charge in [-0.3, -0.25) is 0 Å². The van der Waals surface area contributed by atoms with Crippen LogP contribution in [-0.4, -0.2) is 30.3 Å². The first-order valence-electron chi connectivity index (χ1n) is 3.28. The summed E-state index contributed by atoms with van der Waals surface area (Å²) in [5.41, 5.74) is 0. The summed E-state index contributed by atoms with van der Waals surface area (Å²) in [6.45, 7) is 4.31. The number of ether oxygens (including phenoxy) is 1. The molecular formula is C6H13O2Si. The van der Waals surface area contributed by atoms with Crippen LogP contribution in [0, 0.1) is 0 Å². The van der Waals surface area contributed by atoms with Gasteiger partial charge in [-0.25, -0.2) is 0 Å². The van der Waals surface area contributed by atoms with E-state index in [1.165, 1.54) is 6.42 Å². The monoisotopic (exact) mass is 145 g/mol. The molecule has 9 heavy (non-hydrogen) atoms. The Balaban J connectivity index is 2.60. The molecule has 0 aliphatic carbocycles. The minimum Gasteiger partial charge on any atom is -0.416 e. The maximum atomic E-state index is 5.16. The Labute approximate surface area is 60.1 Å². The van der Waals surface area contributed by atoms with Crippen molar-refractivity contribution in [3.05, 3.63) is 0 Å². The van der Waals surface area contributed by atoms with Gasteiger partial charge in [-0.15, -0.1) is 0 Å². The van der Waals surface area contributed by atoms with Gasteiger partial charge in [0, 0.05) is 6.61 Å². The van der Waals surface area contributed by atoms with E-state index >= 15 is 0 Å². The second kappa shape index (κ2) is 8.14. The van der Waals surface area contributed by atoms with Gasteiger partial charge in [-0.05, 0) is 6.42 Å². The molecule has 0 rings (SSSR count). The minimum absolute atomic E-state index is 0.626. The van der Waals surface area contributed by atoms with E-state index in [2.05, 4.69) is 21.8 Å². The average Bonchev–Trinajstić information content (AvgIpc) is 1.89. The molecule has 0 aromatic heterocycles. The smallest absolute Gasteiger partial charge is 0.246 e. The molecule has 0 bridgehead atoms. The van der Waals surface area contributed by atoms with Crippen molar-refractivity contribution in [1.29, 1.82) is 0 Å². The summed E-state index contributed by atoms with van der Waals surface area (Å²) >= 11 is 0. The third-order valence-corrected chi connectivity index (χ3v) is 1.18. The molecule has 0 fully saturated rings. The number of hydrogen-bond acceptors (Lipinski definition) is 2. The average molecular weight is 145 g/mol. The summed E-state index contributed by atoms with van der Waals surface area (Å²) < 4.78 is 9.76. The van der Waals surface area contributed by atoms with Crippen molar-refractivity contribution in [2.24, 2.45) is 0 Å². The molecule has 0 spiro atoms. The zero-order valence-corrected chi connectivity index (χ0v) is 6.85. The van der Waals surface area contributed by atoms with Crippen molar-refractivity contribution in [3.8, 4) is 0 Å². The van der Waals surface area contributed by atoms with Gasteiger partial charge in [0.25, 0.3) is 0 Å². The summed E-state index contributed by atoms with van der Waals surface area (Å²) in [5.74, 6) is 0. The highest BCUT2D eigenvalue weighted by Gasteiger charge is 1.84. The van der Waals surface area contributed by atoms with Crippen LogP contribution in [0.1, 0.15) is 19.8 Å². The summed E-state index contributed by atoms with van der Waals surface area (Å²) in [4.78, 5) is 0. The van der Waals surface area contributed by atoms with Crippen molar-refractivity contribution < 1.29 is 9.16 Å². The van der Waals surface area contributed by atoms with Crippen LogP contribution < -0.4 is 0 Å². The Hall–Kier alpha value is 0.137. The molecule has 0 N–H and O–H groups in total. The molecular weight excluding hydrogens is 132 g/mol. The maximum Gasteiger partial charge on any atom is 0.246 e. The predicted octanol–water partition coefficient (Wildman–Crippen LogP) is 0.903. The molecule has 0 saturated carbocycles. The van der Waals surface area contributed by atoms with Gasteiger partial charge in [0.15, 0.2) is 0 Å². The molecule has 0 aromatic carbocycles. The first-order valence-corrected chi connectivity index (χ1v) is 3.69. The van der Waals surface area contributed by atoms with E-state index in [-0.39, 0.29) is 0 Å². The van der Waals surface area contributed by atoms with Crippen LogP contribution >= 0.6 is 0 Å². The predicted molar refractivity (Wildman–Crippen MR) is 37.4 cm³/mol. The normalized spacial score (nSPS) is 10.0. The maximum absolute atomic E-state index is 5.16. The molecule has 0 saturated heterocycles. The van der Waals surface area contributed by atoms with E-state index in [1.807, 2.05) is 0 Å². The quantitative estimate of drug-likeness (QED) is 0.408. The van der Waals surface area contributed by atoms with Crippen LogP contribution in [0.3, 0.4) is 0 Å². The Kier molecular flexibility index (Phi) is 8.26. The molecule has 0 aliphatic heterocycles. The zero-order valence-electron chi connectivity index (χ0n) is 5.85. The highest BCUT2D eigenvalue weighted by molar-refractivity contribution is 5.97. The molecule has 3 radical (unpaired) electrons. The van der Waals surface area contributed by atoms with Gasteiger partial charge >= 0.3 is 0 Å². The van der Waals surface area contributed by atoms with Gasteiger partial charge in [0.1, 0.15) is 0 Å². The molecule has 0 amide bonds.